The van der Waals surface area contributed by atoms with Crippen molar-refractivity contribution in [2.75, 3.05) is 0 Å². The smallest absolute Gasteiger partial charge is 0.478 e. The van der Waals surface area contributed by atoms with Crippen LogP contribution in [-0.4, -0.2) is 26.8 Å². The van der Waals surface area contributed by atoms with Crippen molar-refractivity contribution < 1.29 is 24.4 Å². The van der Waals surface area contributed by atoms with E-state index >= 15 is 0 Å². The zero-order valence-electron chi connectivity index (χ0n) is 9.07. The van der Waals surface area contributed by atoms with Gasteiger partial charge in [0.15, 0.2) is 17.1 Å². The van der Waals surface area contributed by atoms with Crippen LogP contribution < -0.4 is 4.57 Å². The van der Waals surface area contributed by atoms with Gasteiger partial charge in [0, 0.05) is 0 Å². The molecule has 0 saturated carbocycles. The first-order chi connectivity index (χ1) is 8.02. The van der Waals surface area contributed by atoms with Crippen molar-refractivity contribution in [2.24, 2.45) is 0 Å². The van der Waals surface area contributed by atoms with Crippen molar-refractivity contribution in [1.29, 1.82) is 0 Å². The largest absolute Gasteiger partial charge is 0.509 e. The fourth-order valence-corrected chi connectivity index (χ4v) is 1.72. The van der Waals surface area contributed by atoms with E-state index in [9.17, 15) is 9.59 Å². The first-order valence-corrected chi connectivity index (χ1v) is 4.99. The molecule has 2 rings (SSSR count). The normalized spacial score (nSPS) is 12.5. The van der Waals surface area contributed by atoms with E-state index < -0.39 is 18.1 Å². The van der Waals surface area contributed by atoms with Gasteiger partial charge in [-0.25, -0.2) is 9.36 Å². The quantitative estimate of drug-likeness (QED) is 0.763. The number of hydrogen-bond donors (Lipinski definition) is 2. The summed E-state index contributed by atoms with van der Waals surface area (Å²) in [7, 11) is 0. The molecule has 88 valence electrons. The van der Waals surface area contributed by atoms with Crippen LogP contribution in [-0.2, 0) is 4.79 Å². The van der Waals surface area contributed by atoms with Crippen LogP contribution in [0, 0.1) is 0 Å². The second kappa shape index (κ2) is 3.89. The van der Waals surface area contributed by atoms with Crippen LogP contribution in [0.2, 0.25) is 0 Å². The number of para-hydroxylation sites is 2. The lowest BCUT2D eigenvalue weighted by Crippen LogP contribution is -2.41. The molecule has 1 heterocycles. The van der Waals surface area contributed by atoms with E-state index in [4.69, 9.17) is 10.2 Å². The number of fused-ring (bicyclic) bond motifs is 1. The molecule has 1 aromatic carbocycles. The summed E-state index contributed by atoms with van der Waals surface area (Å²) in [5.74, 6) is -1.01. The van der Waals surface area contributed by atoms with Crippen LogP contribution in [0.1, 0.15) is 13.0 Å². The van der Waals surface area contributed by atoms with Crippen LogP contribution in [0.15, 0.2) is 30.6 Å². The van der Waals surface area contributed by atoms with E-state index in [0.29, 0.717) is 11.0 Å². The van der Waals surface area contributed by atoms with Gasteiger partial charge in [-0.3, -0.25) is 0 Å². The topological polar surface area (TPSA) is 83.4 Å². The van der Waals surface area contributed by atoms with Crippen molar-refractivity contribution in [3.05, 3.63) is 30.6 Å². The number of nitrogens with zero attached hydrogens (tertiary/aromatic N) is 2. The second-order valence-electron chi connectivity index (χ2n) is 3.68. The molecule has 6 heteroatoms. The van der Waals surface area contributed by atoms with E-state index in [1.54, 1.807) is 24.3 Å². The van der Waals surface area contributed by atoms with E-state index in [1.165, 1.54) is 17.8 Å². The maximum Gasteiger partial charge on any atom is 0.509 e. The van der Waals surface area contributed by atoms with Gasteiger partial charge in [-0.05, 0) is 19.1 Å². The highest BCUT2D eigenvalue weighted by Gasteiger charge is 2.26. The van der Waals surface area contributed by atoms with Crippen molar-refractivity contribution in [2.45, 2.75) is 13.0 Å². The zero-order valence-corrected chi connectivity index (χ0v) is 9.07. The number of aromatic nitrogens is 2. The number of carboxylic acids is 1. The Hall–Kier alpha value is -2.37. The Morgan fingerprint density at radius 3 is 2.53 bits per heavy atom. The van der Waals surface area contributed by atoms with Gasteiger partial charge >= 0.3 is 12.1 Å². The van der Waals surface area contributed by atoms with Crippen LogP contribution in [0.5, 0.6) is 0 Å². The lowest BCUT2D eigenvalue weighted by atomic mass is 10.3. The molecule has 0 saturated heterocycles. The molecule has 0 aliphatic carbocycles. The average Bonchev–Trinajstić information content (AvgIpc) is 2.67. The summed E-state index contributed by atoms with van der Waals surface area (Å²) in [5, 5.41) is 18.0. The van der Waals surface area contributed by atoms with Gasteiger partial charge in [0.25, 0.3) is 6.33 Å². The summed E-state index contributed by atoms with van der Waals surface area (Å²) in [4.78, 5) is 22.0. The lowest BCUT2D eigenvalue weighted by Gasteiger charge is -2.01. The minimum Gasteiger partial charge on any atom is -0.478 e. The number of carbonyl (C=O) groups is 2. The summed E-state index contributed by atoms with van der Waals surface area (Å²) < 4.78 is 2.43. The molecule has 0 fully saturated rings. The molecule has 0 radical (unpaired) electrons. The predicted molar refractivity (Wildman–Crippen MR) is 57.9 cm³/mol. The first kappa shape index (κ1) is 11.1. The summed E-state index contributed by atoms with van der Waals surface area (Å²) in [6.45, 7) is 1.50. The summed E-state index contributed by atoms with van der Waals surface area (Å²) in [6.07, 6.45) is 0.142. The zero-order chi connectivity index (χ0) is 12.6. The third kappa shape index (κ3) is 1.73. The Bertz CT molecular complexity index is 603. The SMILES string of the molecule is CC(C(=O)O)[n+]1cn(C(=O)O)c2ccccc21. The van der Waals surface area contributed by atoms with Crippen LogP contribution in [0.4, 0.5) is 4.79 Å². The predicted octanol–water partition coefficient (Wildman–Crippen LogP) is 1.10. The maximum atomic E-state index is 11.0. The third-order valence-corrected chi connectivity index (χ3v) is 2.64. The van der Waals surface area contributed by atoms with Gasteiger partial charge in [-0.15, -0.1) is 4.57 Å². The second-order valence-corrected chi connectivity index (χ2v) is 3.68. The monoisotopic (exact) mass is 235 g/mol. The number of imidazole rings is 1. The van der Waals surface area contributed by atoms with Crippen molar-refractivity contribution in [1.82, 2.24) is 4.57 Å². The average molecular weight is 235 g/mol. The summed E-state index contributed by atoms with van der Waals surface area (Å²) in [5.41, 5.74) is 1.04. The maximum absolute atomic E-state index is 11.0. The van der Waals surface area contributed by atoms with Crippen LogP contribution in [0.25, 0.3) is 11.0 Å². The number of carboxylic acid groups (broad SMARTS) is 2. The van der Waals surface area contributed by atoms with Crippen LogP contribution in [0.3, 0.4) is 0 Å². The van der Waals surface area contributed by atoms with Crippen molar-refractivity contribution >= 4 is 23.1 Å². The van der Waals surface area contributed by atoms with Gasteiger partial charge in [-0.2, -0.15) is 4.79 Å². The van der Waals surface area contributed by atoms with Gasteiger partial charge in [-0.1, -0.05) is 12.1 Å². The highest BCUT2D eigenvalue weighted by Crippen LogP contribution is 2.12. The van der Waals surface area contributed by atoms with E-state index in [0.717, 1.165) is 4.57 Å². The molecule has 6 nitrogen and oxygen atoms in total. The van der Waals surface area contributed by atoms with Gasteiger partial charge < -0.3 is 10.2 Å². The third-order valence-electron chi connectivity index (χ3n) is 2.64. The Morgan fingerprint density at radius 1 is 1.29 bits per heavy atom. The molecule has 0 aliphatic heterocycles. The first-order valence-electron chi connectivity index (χ1n) is 4.99. The lowest BCUT2D eigenvalue weighted by molar-refractivity contribution is -0.682. The molecule has 17 heavy (non-hydrogen) atoms. The molecular weight excluding hydrogens is 224 g/mol. The molecule has 0 aliphatic rings. The fourth-order valence-electron chi connectivity index (χ4n) is 1.72. The number of rotatable bonds is 2. The molecular formula is C11H11N2O4+. The standard InChI is InChI=1S/C11H10N2O4/c1-7(10(14)15)12-6-13(11(16)17)9-5-3-2-4-8(9)12/h2-7H,1H3,(H-,14,15,16,17)/p+1. The van der Waals surface area contributed by atoms with E-state index in [-0.39, 0.29) is 0 Å². The molecule has 0 bridgehead atoms. The van der Waals surface area contributed by atoms with Gasteiger partial charge in [0.2, 0.25) is 0 Å². The molecule has 1 unspecified atom stereocenters. The minimum atomic E-state index is -1.14. The Morgan fingerprint density at radius 2 is 1.94 bits per heavy atom. The van der Waals surface area contributed by atoms with Gasteiger partial charge in [0.1, 0.15) is 0 Å². The summed E-state index contributed by atoms with van der Waals surface area (Å²) >= 11 is 0. The van der Waals surface area contributed by atoms with Gasteiger partial charge in [0.05, 0.1) is 0 Å². The molecule has 2 aromatic rings. The Balaban J connectivity index is 2.73. The number of aliphatic carboxylic acids is 1. The highest BCUT2D eigenvalue weighted by molar-refractivity contribution is 5.83. The highest BCUT2D eigenvalue weighted by atomic mass is 16.4. The summed E-state index contributed by atoms with van der Waals surface area (Å²) in [6, 6.07) is 5.94. The minimum absolute atomic E-state index is 0.466. The fraction of sp³-hybridized carbons (Fsp3) is 0.182. The van der Waals surface area contributed by atoms with E-state index in [1.807, 2.05) is 0 Å². The molecule has 0 amide bonds. The van der Waals surface area contributed by atoms with Crippen LogP contribution >= 0.6 is 0 Å². The number of benzene rings is 1. The Kier molecular flexibility index (Phi) is 2.55. The van der Waals surface area contributed by atoms with Crippen molar-refractivity contribution in [3.8, 4) is 0 Å². The van der Waals surface area contributed by atoms with E-state index in [2.05, 4.69) is 0 Å². The Labute approximate surface area is 96.3 Å². The molecule has 1 atom stereocenters. The molecule has 0 spiro atoms. The number of hydrogen-bond acceptors (Lipinski definition) is 2. The molecule has 1 aromatic heterocycles. The molecule has 2 N–H and O–H groups in total. The van der Waals surface area contributed by atoms with Crippen molar-refractivity contribution in [3.63, 3.8) is 0 Å².